The quantitative estimate of drug-likeness (QED) is 0.186. The van der Waals surface area contributed by atoms with Crippen molar-refractivity contribution in [2.75, 3.05) is 0 Å². The second kappa shape index (κ2) is 12.0. The molecule has 0 rings (SSSR count). The fourth-order valence-corrected chi connectivity index (χ4v) is 14.1. The van der Waals surface area contributed by atoms with Gasteiger partial charge in [0.05, 0.1) is 12.2 Å². The van der Waals surface area contributed by atoms with Crippen molar-refractivity contribution >= 4 is 33.3 Å². The highest BCUT2D eigenvalue weighted by Crippen LogP contribution is 2.38. The molecule has 0 aromatic rings. The first kappa shape index (κ1) is 33.2. The topological polar surface area (TPSA) is 27.7 Å². The van der Waals surface area contributed by atoms with Gasteiger partial charge < -0.3 is 13.0 Å². The van der Waals surface area contributed by atoms with Crippen molar-refractivity contribution in [2.24, 2.45) is 0 Å². The minimum absolute atomic E-state index is 0.159. The van der Waals surface area contributed by atoms with Crippen LogP contribution in [-0.4, -0.2) is 45.5 Å². The van der Waals surface area contributed by atoms with Gasteiger partial charge in [-0.1, -0.05) is 65.8 Å². The van der Waals surface area contributed by atoms with E-state index in [1.807, 2.05) is 0 Å². The van der Waals surface area contributed by atoms with Crippen LogP contribution < -0.4 is 0 Å². The molecule has 0 spiro atoms. The summed E-state index contributed by atoms with van der Waals surface area (Å²) in [6, 6.07) is 2.06. The van der Waals surface area contributed by atoms with Gasteiger partial charge in [0, 0.05) is 0 Å². The molecule has 2 unspecified atom stereocenters. The van der Waals surface area contributed by atoms with Crippen LogP contribution in [0.1, 0.15) is 55.4 Å². The highest BCUT2D eigenvalue weighted by atomic mass is 28.4. The second-order valence-corrected chi connectivity index (χ2v) is 32.2. The van der Waals surface area contributed by atoms with Gasteiger partial charge in [0.15, 0.2) is 33.3 Å². The molecule has 0 aliphatic carbocycles. The smallest absolute Gasteiger partial charge is 0.192 e. The summed E-state index contributed by atoms with van der Waals surface area (Å²) in [5.74, 6) is 0. The third kappa shape index (κ3) is 12.7. The van der Waals surface area contributed by atoms with Crippen molar-refractivity contribution in [1.82, 2.24) is 0 Å². The molecule has 0 fully saturated rings. The average Bonchev–Trinajstić information content (AvgIpc) is 2.49. The molecule has 33 heavy (non-hydrogen) atoms. The van der Waals surface area contributed by atoms with Crippen molar-refractivity contribution in [3.05, 3.63) is 24.3 Å². The van der Waals surface area contributed by atoms with Crippen LogP contribution >= 0.6 is 0 Å². The monoisotopic (exact) mass is 530 g/mol. The molecule has 0 bridgehead atoms. The van der Waals surface area contributed by atoms with Crippen LogP contribution in [0.25, 0.3) is 0 Å². The van der Waals surface area contributed by atoms with E-state index in [4.69, 9.17) is 13.0 Å². The Hall–Kier alpha value is 0.228. The van der Waals surface area contributed by atoms with Crippen LogP contribution in [0.5, 0.6) is 0 Å². The van der Waals surface area contributed by atoms with E-state index in [9.17, 15) is 0 Å². The van der Waals surface area contributed by atoms with Crippen molar-refractivity contribution < 1.29 is 13.0 Å². The molecule has 0 aromatic carbocycles. The lowest BCUT2D eigenvalue weighted by atomic mass is 10.2. The van der Waals surface area contributed by atoms with E-state index < -0.39 is 33.3 Å². The van der Waals surface area contributed by atoms with E-state index in [2.05, 4.69) is 132 Å². The zero-order chi connectivity index (χ0) is 26.5. The van der Waals surface area contributed by atoms with Gasteiger partial charge in [-0.15, -0.1) is 0 Å². The standard InChI is InChI=1S/C26H58O3Si4/c1-23(27-32(13,14)25(3,4)5)19-17-21-30(9,10)29-31(11,12)22-18-20-24(2)28-33(15,16)26(6,7)8/h17-20,23-24H,21-22H2,1-16H3. The van der Waals surface area contributed by atoms with E-state index in [1.165, 1.54) is 0 Å². The molecule has 2 atom stereocenters. The summed E-state index contributed by atoms with van der Waals surface area (Å²) in [4.78, 5) is 0. The lowest BCUT2D eigenvalue weighted by Gasteiger charge is -2.38. The maximum absolute atomic E-state index is 6.81. The van der Waals surface area contributed by atoms with E-state index in [-0.39, 0.29) is 22.3 Å². The van der Waals surface area contributed by atoms with Crippen LogP contribution in [0.15, 0.2) is 24.3 Å². The highest BCUT2D eigenvalue weighted by Gasteiger charge is 2.39. The largest absolute Gasteiger partial charge is 0.455 e. The Labute approximate surface area is 212 Å². The predicted molar refractivity (Wildman–Crippen MR) is 159 cm³/mol. The Bertz CT molecular complexity index is 597. The van der Waals surface area contributed by atoms with Gasteiger partial charge in [0.1, 0.15) is 0 Å². The van der Waals surface area contributed by atoms with E-state index >= 15 is 0 Å². The number of hydrogen-bond acceptors (Lipinski definition) is 3. The summed E-state index contributed by atoms with van der Waals surface area (Å²) < 4.78 is 19.7. The summed E-state index contributed by atoms with van der Waals surface area (Å²) in [5, 5.41) is 0.477. The number of allylic oxidation sites excluding steroid dienone is 2. The van der Waals surface area contributed by atoms with Crippen molar-refractivity contribution in [1.29, 1.82) is 0 Å². The Kier molecular flexibility index (Phi) is 12.1. The second-order valence-electron chi connectivity index (χ2n) is 14.1. The molecule has 0 aromatic heterocycles. The zero-order valence-corrected chi connectivity index (χ0v) is 29.1. The van der Waals surface area contributed by atoms with Crippen molar-refractivity contribution in [3.63, 3.8) is 0 Å². The third-order valence-corrected chi connectivity index (χ3v) is 23.2. The van der Waals surface area contributed by atoms with Gasteiger partial charge in [-0.05, 0) is 88.4 Å². The zero-order valence-electron chi connectivity index (χ0n) is 25.1. The molecule has 0 aliphatic heterocycles. The lowest BCUT2D eigenvalue weighted by Crippen LogP contribution is -2.44. The lowest BCUT2D eigenvalue weighted by molar-refractivity contribution is 0.243. The molecule has 0 aliphatic rings. The van der Waals surface area contributed by atoms with Crippen molar-refractivity contribution in [2.45, 2.75) is 142 Å². The molecule has 0 amide bonds. The SMILES string of the molecule is CC(C=CC[Si](C)(C)O[Si](C)(C)CC=CC(C)O[Si](C)(C)C(C)(C)C)O[Si](C)(C)C(C)(C)C. The van der Waals surface area contributed by atoms with Gasteiger partial charge in [0.2, 0.25) is 0 Å². The number of rotatable bonds is 12. The van der Waals surface area contributed by atoms with Crippen LogP contribution in [0.4, 0.5) is 0 Å². The van der Waals surface area contributed by atoms with E-state index in [0.29, 0.717) is 0 Å². The molecule has 0 radical (unpaired) electrons. The van der Waals surface area contributed by atoms with Crippen molar-refractivity contribution in [3.8, 4) is 0 Å². The summed E-state index contributed by atoms with van der Waals surface area (Å²) in [5.41, 5.74) is 0. The van der Waals surface area contributed by atoms with Crippen LogP contribution in [0.3, 0.4) is 0 Å². The van der Waals surface area contributed by atoms with Gasteiger partial charge in [-0.2, -0.15) is 0 Å². The Morgan fingerprint density at radius 3 is 1.09 bits per heavy atom. The Morgan fingerprint density at radius 2 is 0.848 bits per heavy atom. The minimum Gasteiger partial charge on any atom is -0.455 e. The summed E-state index contributed by atoms with van der Waals surface area (Å²) in [6.45, 7) is 36.8. The first-order valence-electron chi connectivity index (χ1n) is 12.8. The summed E-state index contributed by atoms with van der Waals surface area (Å²) >= 11 is 0. The molecule has 0 saturated heterocycles. The molecule has 0 saturated carbocycles. The molecule has 0 N–H and O–H groups in total. The Morgan fingerprint density at radius 1 is 0.576 bits per heavy atom. The maximum atomic E-state index is 6.81. The van der Waals surface area contributed by atoms with E-state index in [0.717, 1.165) is 12.1 Å². The van der Waals surface area contributed by atoms with Crippen LogP contribution in [0.2, 0.25) is 74.5 Å². The third-order valence-electron chi connectivity index (χ3n) is 7.16. The molecule has 7 heteroatoms. The normalized spacial score (nSPS) is 17.2. The maximum Gasteiger partial charge on any atom is 0.192 e. The van der Waals surface area contributed by atoms with E-state index in [1.54, 1.807) is 0 Å². The average molecular weight is 531 g/mol. The van der Waals surface area contributed by atoms with Crippen LogP contribution in [0, 0.1) is 0 Å². The van der Waals surface area contributed by atoms with Gasteiger partial charge in [0.25, 0.3) is 0 Å². The fraction of sp³-hybridized carbons (Fsp3) is 0.846. The fourth-order valence-electron chi connectivity index (χ4n) is 3.28. The van der Waals surface area contributed by atoms with Gasteiger partial charge in [-0.25, -0.2) is 0 Å². The van der Waals surface area contributed by atoms with Gasteiger partial charge in [-0.3, -0.25) is 0 Å². The molecule has 3 nitrogen and oxygen atoms in total. The molecular formula is C26H58O3Si4. The number of hydrogen-bond donors (Lipinski definition) is 0. The highest BCUT2D eigenvalue weighted by molar-refractivity contribution is 6.85. The minimum atomic E-state index is -1.77. The summed E-state index contributed by atoms with van der Waals surface area (Å²) in [7, 11) is -7.00. The molecule has 0 heterocycles. The first-order valence-corrected chi connectivity index (χ1v) is 24.8. The van der Waals surface area contributed by atoms with Crippen LogP contribution in [-0.2, 0) is 13.0 Å². The molecular weight excluding hydrogens is 473 g/mol. The predicted octanol–water partition coefficient (Wildman–Crippen LogP) is 9.35. The molecule has 196 valence electrons. The first-order chi connectivity index (χ1) is 14.4. The van der Waals surface area contributed by atoms with Gasteiger partial charge >= 0.3 is 0 Å². The summed E-state index contributed by atoms with van der Waals surface area (Å²) in [6.07, 6.45) is 9.41. The Balaban J connectivity index is 4.81.